The summed E-state index contributed by atoms with van der Waals surface area (Å²) in [6.07, 6.45) is 2.07. The van der Waals surface area contributed by atoms with Crippen molar-refractivity contribution in [2.45, 2.75) is 18.7 Å². The van der Waals surface area contributed by atoms with Gasteiger partial charge in [-0.1, -0.05) is 32.1 Å². The zero-order valence-electron chi connectivity index (χ0n) is 11.1. The lowest BCUT2D eigenvalue weighted by molar-refractivity contribution is 0.494. The molecule has 0 saturated carbocycles. The topological polar surface area (TPSA) is 29.3 Å². The molecule has 2 nitrogen and oxygen atoms in total. The minimum Gasteiger partial charge on any atom is -0.389 e. The molecule has 0 spiro atoms. The number of nitrogens with two attached hydrogens (primary N) is 1. The molecular formula is C14H20N2S2. The SMILES string of the molecule is CSc1cccc(N2CC(C)C(C)C2)c1C(N)=S. The lowest BCUT2D eigenvalue weighted by Crippen LogP contribution is -2.24. The van der Waals surface area contributed by atoms with Crippen LogP contribution < -0.4 is 10.6 Å². The molecule has 1 aromatic carbocycles. The first-order valence-corrected chi connectivity index (χ1v) is 7.89. The molecule has 0 radical (unpaired) electrons. The van der Waals surface area contributed by atoms with Gasteiger partial charge in [0.1, 0.15) is 4.99 Å². The van der Waals surface area contributed by atoms with Gasteiger partial charge in [0.15, 0.2) is 0 Å². The normalized spacial score (nSPS) is 23.4. The molecule has 98 valence electrons. The number of hydrogen-bond donors (Lipinski definition) is 1. The second-order valence-corrected chi connectivity index (χ2v) is 6.37. The summed E-state index contributed by atoms with van der Waals surface area (Å²) in [7, 11) is 0. The van der Waals surface area contributed by atoms with E-state index in [0.717, 1.165) is 30.5 Å². The minimum atomic E-state index is 0.502. The standard InChI is InChI=1S/C14H20N2S2/c1-9-7-16(8-10(9)2)11-5-4-6-12(18-3)13(11)14(15)17/h4-6,9-10H,7-8H2,1-3H3,(H2,15,17). The molecule has 2 atom stereocenters. The summed E-state index contributed by atoms with van der Waals surface area (Å²) >= 11 is 6.94. The molecule has 0 aliphatic carbocycles. The average molecular weight is 280 g/mol. The first-order chi connectivity index (χ1) is 8.54. The van der Waals surface area contributed by atoms with Crippen molar-refractivity contribution in [2.24, 2.45) is 17.6 Å². The third-order valence-electron chi connectivity index (χ3n) is 3.80. The molecule has 1 fully saturated rings. The van der Waals surface area contributed by atoms with Crippen molar-refractivity contribution in [3.05, 3.63) is 23.8 Å². The number of benzene rings is 1. The highest BCUT2D eigenvalue weighted by Gasteiger charge is 2.28. The van der Waals surface area contributed by atoms with Gasteiger partial charge in [-0.25, -0.2) is 0 Å². The molecule has 4 heteroatoms. The molecule has 2 N–H and O–H groups in total. The number of thioether (sulfide) groups is 1. The first-order valence-electron chi connectivity index (χ1n) is 6.26. The summed E-state index contributed by atoms with van der Waals surface area (Å²) in [6, 6.07) is 6.32. The number of anilines is 1. The van der Waals surface area contributed by atoms with Crippen molar-refractivity contribution in [3.63, 3.8) is 0 Å². The van der Waals surface area contributed by atoms with Crippen LogP contribution in [0.2, 0.25) is 0 Å². The van der Waals surface area contributed by atoms with Crippen LogP contribution in [0.1, 0.15) is 19.4 Å². The van der Waals surface area contributed by atoms with E-state index in [2.05, 4.69) is 43.2 Å². The Balaban J connectivity index is 2.42. The summed E-state index contributed by atoms with van der Waals surface area (Å²) in [5.74, 6) is 1.45. The van der Waals surface area contributed by atoms with Crippen LogP contribution in [0.4, 0.5) is 5.69 Å². The zero-order chi connectivity index (χ0) is 13.3. The van der Waals surface area contributed by atoms with Crippen molar-refractivity contribution < 1.29 is 0 Å². The van der Waals surface area contributed by atoms with Crippen molar-refractivity contribution in [2.75, 3.05) is 24.2 Å². The van der Waals surface area contributed by atoms with Gasteiger partial charge >= 0.3 is 0 Å². The van der Waals surface area contributed by atoms with E-state index >= 15 is 0 Å². The molecule has 1 saturated heterocycles. The maximum atomic E-state index is 5.92. The molecule has 1 aliphatic heterocycles. The monoisotopic (exact) mass is 280 g/mol. The zero-order valence-corrected chi connectivity index (χ0v) is 12.8. The van der Waals surface area contributed by atoms with Crippen LogP contribution in [-0.2, 0) is 0 Å². The van der Waals surface area contributed by atoms with E-state index in [0.29, 0.717) is 4.99 Å². The average Bonchev–Trinajstić information content (AvgIpc) is 2.68. The number of nitrogens with zero attached hydrogens (tertiary/aromatic N) is 1. The molecule has 2 rings (SSSR count). The highest BCUT2D eigenvalue weighted by molar-refractivity contribution is 7.98. The Bertz CT molecular complexity index is 449. The molecule has 1 aliphatic rings. The molecule has 0 aromatic heterocycles. The largest absolute Gasteiger partial charge is 0.389 e. The Labute approximate surface area is 119 Å². The Morgan fingerprint density at radius 2 is 1.94 bits per heavy atom. The van der Waals surface area contributed by atoms with Crippen molar-refractivity contribution >= 4 is 34.7 Å². The molecule has 1 heterocycles. The number of thiocarbonyl (C=S) groups is 1. The van der Waals surface area contributed by atoms with E-state index in [-0.39, 0.29) is 0 Å². The second-order valence-electron chi connectivity index (χ2n) is 5.08. The molecule has 2 unspecified atom stereocenters. The van der Waals surface area contributed by atoms with Gasteiger partial charge in [-0.3, -0.25) is 0 Å². The number of rotatable bonds is 3. The summed E-state index contributed by atoms with van der Waals surface area (Å²) in [5.41, 5.74) is 8.16. The summed E-state index contributed by atoms with van der Waals surface area (Å²) < 4.78 is 0. The number of hydrogen-bond acceptors (Lipinski definition) is 3. The summed E-state index contributed by atoms with van der Waals surface area (Å²) in [6.45, 7) is 6.80. The van der Waals surface area contributed by atoms with Gasteiger partial charge in [-0.15, -0.1) is 11.8 Å². The van der Waals surface area contributed by atoms with E-state index in [1.165, 1.54) is 10.6 Å². The highest BCUT2D eigenvalue weighted by atomic mass is 32.2. The van der Waals surface area contributed by atoms with Crippen molar-refractivity contribution in [1.29, 1.82) is 0 Å². The van der Waals surface area contributed by atoms with Crippen LogP contribution >= 0.6 is 24.0 Å². The highest BCUT2D eigenvalue weighted by Crippen LogP contribution is 2.34. The second kappa shape index (κ2) is 5.49. The van der Waals surface area contributed by atoms with Gasteiger partial charge in [0.05, 0.1) is 0 Å². The third-order valence-corrected chi connectivity index (χ3v) is 4.78. The first kappa shape index (κ1) is 13.7. The summed E-state index contributed by atoms with van der Waals surface area (Å²) in [5, 5.41) is 0. The van der Waals surface area contributed by atoms with Crippen molar-refractivity contribution in [3.8, 4) is 0 Å². The molecular weight excluding hydrogens is 260 g/mol. The molecule has 18 heavy (non-hydrogen) atoms. The van der Waals surface area contributed by atoms with E-state index in [1.807, 2.05) is 0 Å². The maximum absolute atomic E-state index is 5.92. The minimum absolute atomic E-state index is 0.502. The maximum Gasteiger partial charge on any atom is 0.107 e. The smallest absolute Gasteiger partial charge is 0.107 e. The van der Waals surface area contributed by atoms with Crippen LogP contribution in [0.5, 0.6) is 0 Å². The fourth-order valence-corrected chi connectivity index (χ4v) is 3.44. The van der Waals surface area contributed by atoms with Gasteiger partial charge in [-0.05, 0) is 30.2 Å². The fraction of sp³-hybridized carbons (Fsp3) is 0.500. The molecule has 0 amide bonds. The Morgan fingerprint density at radius 1 is 1.33 bits per heavy atom. The molecule has 0 bridgehead atoms. The van der Waals surface area contributed by atoms with Crippen LogP contribution in [0.15, 0.2) is 23.1 Å². The van der Waals surface area contributed by atoms with Crippen LogP contribution in [0.3, 0.4) is 0 Å². The predicted octanol–water partition coefficient (Wildman–Crippen LogP) is 3.13. The van der Waals surface area contributed by atoms with E-state index in [9.17, 15) is 0 Å². The van der Waals surface area contributed by atoms with Gasteiger partial charge in [-0.2, -0.15) is 0 Å². The van der Waals surface area contributed by atoms with Crippen LogP contribution in [0, 0.1) is 11.8 Å². The lowest BCUT2D eigenvalue weighted by atomic mass is 10.0. The van der Waals surface area contributed by atoms with Gasteiger partial charge in [0.25, 0.3) is 0 Å². The fourth-order valence-electron chi connectivity index (χ4n) is 2.53. The van der Waals surface area contributed by atoms with Gasteiger partial charge < -0.3 is 10.6 Å². The Kier molecular flexibility index (Phi) is 4.17. The quantitative estimate of drug-likeness (QED) is 0.680. The van der Waals surface area contributed by atoms with E-state index in [1.54, 1.807) is 11.8 Å². The van der Waals surface area contributed by atoms with Gasteiger partial charge in [0, 0.05) is 29.2 Å². The van der Waals surface area contributed by atoms with E-state index < -0.39 is 0 Å². The van der Waals surface area contributed by atoms with Crippen LogP contribution in [0.25, 0.3) is 0 Å². The van der Waals surface area contributed by atoms with Crippen molar-refractivity contribution in [1.82, 2.24) is 0 Å². The summed E-state index contributed by atoms with van der Waals surface area (Å²) in [4.78, 5) is 4.10. The van der Waals surface area contributed by atoms with Gasteiger partial charge in [0.2, 0.25) is 0 Å². The Hall–Kier alpha value is -0.740. The molecule has 1 aromatic rings. The van der Waals surface area contributed by atoms with E-state index in [4.69, 9.17) is 18.0 Å². The lowest BCUT2D eigenvalue weighted by Gasteiger charge is -2.23. The van der Waals surface area contributed by atoms with Crippen LogP contribution in [-0.4, -0.2) is 24.3 Å². The predicted molar refractivity (Wildman–Crippen MR) is 84.7 cm³/mol. The third kappa shape index (κ3) is 2.50. The Morgan fingerprint density at radius 3 is 2.44 bits per heavy atom.